The number of fused-ring (bicyclic) bond motifs is 2. The molecule has 3 aliphatic rings. The molecule has 232 valence electrons. The second-order valence-electron chi connectivity index (χ2n) is 11.5. The second-order valence-corrected chi connectivity index (χ2v) is 13.3. The van der Waals surface area contributed by atoms with Crippen molar-refractivity contribution in [1.29, 1.82) is 0 Å². The lowest BCUT2D eigenvalue weighted by atomic mass is 9.59. The van der Waals surface area contributed by atoms with Crippen LogP contribution in [0.2, 0.25) is 10.0 Å². The summed E-state index contributed by atoms with van der Waals surface area (Å²) in [5.74, 6) is -0.709. The molecule has 0 radical (unpaired) electrons. The van der Waals surface area contributed by atoms with Gasteiger partial charge in [-0.3, -0.25) is 18.7 Å². The van der Waals surface area contributed by atoms with Gasteiger partial charge >= 0.3 is 0 Å². The molecule has 6 rings (SSSR count). The Hall–Kier alpha value is -2.91. The number of Topliss-reactive ketones (excluding diaryl/α,β-unsaturated/α-hetero) is 1. The molecule has 3 atom stereocenters. The molecule has 0 bridgehead atoms. The first-order valence-corrected chi connectivity index (χ1v) is 16.8. The third-order valence-corrected chi connectivity index (χ3v) is 10.4. The lowest BCUT2D eigenvalue weighted by molar-refractivity contribution is -0.131. The van der Waals surface area contributed by atoms with Crippen molar-refractivity contribution in [2.24, 2.45) is 5.92 Å². The fraction of sp³-hybridized carbons (Fsp3) is 0.382. The molecular weight excluding hydrogens is 620 g/mol. The molecule has 44 heavy (non-hydrogen) atoms. The van der Waals surface area contributed by atoms with Crippen LogP contribution in [-0.2, 0) is 26.2 Å². The predicted molar refractivity (Wildman–Crippen MR) is 176 cm³/mol. The minimum Gasteiger partial charge on any atom is -0.348 e. The van der Waals surface area contributed by atoms with Crippen LogP contribution in [0.25, 0.3) is 0 Å². The van der Waals surface area contributed by atoms with Gasteiger partial charge in [-0.05, 0) is 91.1 Å². The van der Waals surface area contributed by atoms with Crippen LogP contribution >= 0.6 is 35.1 Å². The zero-order valence-corrected chi connectivity index (χ0v) is 27.3. The van der Waals surface area contributed by atoms with Crippen molar-refractivity contribution in [3.05, 3.63) is 98.8 Å². The van der Waals surface area contributed by atoms with E-state index in [4.69, 9.17) is 23.2 Å². The van der Waals surface area contributed by atoms with Crippen molar-refractivity contribution in [2.45, 2.75) is 56.9 Å². The third-order valence-electron chi connectivity index (χ3n) is 9.09. The number of halogens is 3. The summed E-state index contributed by atoms with van der Waals surface area (Å²) >= 11 is 14.3. The number of piperidine rings is 2. The van der Waals surface area contributed by atoms with E-state index in [9.17, 15) is 18.8 Å². The Morgan fingerprint density at radius 1 is 1.05 bits per heavy atom. The van der Waals surface area contributed by atoms with Gasteiger partial charge in [-0.1, -0.05) is 66.3 Å². The predicted octanol–water partition coefficient (Wildman–Crippen LogP) is 7.50. The fourth-order valence-electron chi connectivity index (χ4n) is 6.87. The Kier molecular flexibility index (Phi) is 10.0. The zero-order chi connectivity index (χ0) is 31.6. The van der Waals surface area contributed by atoms with Crippen LogP contribution in [0.3, 0.4) is 0 Å². The maximum absolute atomic E-state index is 14.5. The molecule has 6 nitrogen and oxygen atoms in total. The van der Waals surface area contributed by atoms with Gasteiger partial charge in [0.15, 0.2) is 0 Å². The highest BCUT2D eigenvalue weighted by atomic mass is 35.5. The van der Waals surface area contributed by atoms with Gasteiger partial charge in [0.1, 0.15) is 17.0 Å². The number of carbonyl (C=O) groups is 3. The largest absolute Gasteiger partial charge is 0.348 e. The van der Waals surface area contributed by atoms with Gasteiger partial charge in [-0.15, -0.1) is 0 Å². The summed E-state index contributed by atoms with van der Waals surface area (Å²) in [6, 6.07) is 16.2. The molecule has 2 saturated heterocycles. The first kappa shape index (κ1) is 32.5. The summed E-state index contributed by atoms with van der Waals surface area (Å²) in [6.45, 7) is 5.82. The van der Waals surface area contributed by atoms with Crippen molar-refractivity contribution in [2.75, 3.05) is 24.7 Å². The van der Waals surface area contributed by atoms with Gasteiger partial charge < -0.3 is 10.6 Å². The molecule has 2 amide bonds. The summed E-state index contributed by atoms with van der Waals surface area (Å²) in [7, 11) is 0. The van der Waals surface area contributed by atoms with Crippen molar-refractivity contribution >= 4 is 58.4 Å². The Morgan fingerprint density at radius 3 is 2.43 bits per heavy atom. The highest BCUT2D eigenvalue weighted by Gasteiger charge is 2.61. The molecule has 3 aromatic carbocycles. The van der Waals surface area contributed by atoms with Crippen LogP contribution in [0.4, 0.5) is 10.1 Å². The number of benzene rings is 3. The van der Waals surface area contributed by atoms with Gasteiger partial charge in [0, 0.05) is 47.1 Å². The lowest BCUT2D eigenvalue weighted by Gasteiger charge is -2.47. The van der Waals surface area contributed by atoms with E-state index in [1.54, 1.807) is 49.2 Å². The van der Waals surface area contributed by atoms with Crippen LogP contribution in [-0.4, -0.2) is 41.2 Å². The minimum atomic E-state index is -1.21. The zero-order valence-electron chi connectivity index (χ0n) is 25.0. The van der Waals surface area contributed by atoms with Gasteiger partial charge in [-0.25, -0.2) is 4.39 Å². The molecule has 3 aliphatic heterocycles. The van der Waals surface area contributed by atoms with Crippen molar-refractivity contribution < 1.29 is 18.8 Å². The summed E-state index contributed by atoms with van der Waals surface area (Å²) in [5, 5.41) is 7.02. The summed E-state index contributed by atoms with van der Waals surface area (Å²) in [6.07, 6.45) is 4.90. The average Bonchev–Trinajstić information content (AvgIpc) is 3.29. The molecule has 1 spiro atoms. The van der Waals surface area contributed by atoms with Gasteiger partial charge in [-0.2, -0.15) is 0 Å². The number of aryl methyl sites for hydroxylation is 1. The van der Waals surface area contributed by atoms with Crippen molar-refractivity contribution in [3.63, 3.8) is 0 Å². The smallest absolute Gasteiger partial charge is 0.238 e. The van der Waals surface area contributed by atoms with E-state index in [1.807, 2.05) is 25.1 Å². The van der Waals surface area contributed by atoms with Gasteiger partial charge in [0.25, 0.3) is 0 Å². The van der Waals surface area contributed by atoms with E-state index < -0.39 is 23.2 Å². The monoisotopic (exact) mass is 655 g/mol. The highest BCUT2D eigenvalue weighted by molar-refractivity contribution is 7.96. The number of hydrogen-bond donors (Lipinski definition) is 2. The van der Waals surface area contributed by atoms with Crippen LogP contribution in [0.15, 0.2) is 60.7 Å². The van der Waals surface area contributed by atoms with Crippen LogP contribution < -0.4 is 10.6 Å². The number of amides is 2. The lowest BCUT2D eigenvalue weighted by Crippen LogP contribution is -2.57. The molecule has 0 aliphatic carbocycles. The third kappa shape index (κ3) is 6.27. The van der Waals surface area contributed by atoms with Crippen LogP contribution in [0, 0.1) is 11.7 Å². The first-order chi connectivity index (χ1) is 21.1. The van der Waals surface area contributed by atoms with Crippen LogP contribution in [0.1, 0.15) is 67.3 Å². The van der Waals surface area contributed by atoms with Gasteiger partial charge in [0.2, 0.25) is 11.8 Å². The number of nitrogens with one attached hydrogen (secondary N) is 2. The molecule has 0 aromatic heterocycles. The van der Waals surface area contributed by atoms with Gasteiger partial charge in [0.05, 0.1) is 6.04 Å². The number of ketones is 1. The number of hydrogen-bond acceptors (Lipinski definition) is 5. The summed E-state index contributed by atoms with van der Waals surface area (Å²) < 4.78 is 16.8. The van der Waals surface area contributed by atoms with E-state index in [-0.39, 0.29) is 18.2 Å². The van der Waals surface area contributed by atoms with Crippen molar-refractivity contribution in [1.82, 2.24) is 9.62 Å². The number of nitrogens with zero attached hydrogens (tertiary/aromatic N) is 1. The maximum Gasteiger partial charge on any atom is 0.238 e. The molecular formula is C34H36Cl2FN3O3S. The average molecular weight is 657 g/mol. The Balaban J connectivity index is 0.000000296. The normalized spacial score (nSPS) is 23.4. The summed E-state index contributed by atoms with van der Waals surface area (Å²) in [5.41, 5.74) is 2.33. The Morgan fingerprint density at radius 2 is 1.77 bits per heavy atom. The second kappa shape index (κ2) is 13.6. The Labute approximate surface area is 272 Å². The maximum atomic E-state index is 14.5. The van der Waals surface area contributed by atoms with E-state index >= 15 is 0 Å². The fourth-order valence-corrected chi connectivity index (χ4v) is 7.82. The number of rotatable bonds is 5. The van der Waals surface area contributed by atoms with E-state index in [0.29, 0.717) is 39.4 Å². The number of carbonyl (C=O) groups excluding carboxylic acids is 3. The molecule has 2 fully saturated rings. The SMILES string of the molecule is CCc1ccc(F)cc1[C@H]1NC(=O)C[C@@H](c2cccc(Cl)c2)[C@]12C(=O)Nc1cc(Cl)ccc12.CSN1CCC(C(C)=O)CC1. The van der Waals surface area contributed by atoms with E-state index in [2.05, 4.69) is 21.2 Å². The van der Waals surface area contributed by atoms with Crippen molar-refractivity contribution in [3.8, 4) is 0 Å². The minimum absolute atomic E-state index is 0.0864. The molecule has 0 saturated carbocycles. The number of anilines is 1. The van der Waals surface area contributed by atoms with E-state index in [0.717, 1.165) is 42.6 Å². The molecule has 3 aromatic rings. The molecule has 3 heterocycles. The van der Waals surface area contributed by atoms with Crippen LogP contribution in [0.5, 0.6) is 0 Å². The summed E-state index contributed by atoms with van der Waals surface area (Å²) in [4.78, 5) is 37.9. The molecule has 10 heteroatoms. The standard InChI is InChI=1S/C26H21Cl2FN2O2.C8H15NOS/c1-2-14-6-8-18(29)12-19(14)24-26(20-9-7-17(28)11-22(20)30-25(26)33)21(13-23(32)31-24)15-4-3-5-16(27)10-15;1-7(10)8-3-5-9(11-2)6-4-8/h3-12,21,24H,2,13H2,1H3,(H,30,33)(H,31,32);8H,3-6H2,1-2H3/t21-,24+,26-;/m0./s1. The quantitative estimate of drug-likeness (QED) is 0.278. The van der Waals surface area contributed by atoms with E-state index in [1.165, 1.54) is 12.1 Å². The molecule has 2 N–H and O–H groups in total. The Bertz CT molecular complexity index is 1580. The molecule has 0 unspecified atom stereocenters. The highest BCUT2D eigenvalue weighted by Crippen LogP contribution is 2.58. The first-order valence-electron chi connectivity index (χ1n) is 14.8. The topological polar surface area (TPSA) is 78.5 Å².